The molecule has 8 heteroatoms. The van der Waals surface area contributed by atoms with Crippen LogP contribution in [-0.4, -0.2) is 57.1 Å². The second-order valence-corrected chi connectivity index (χ2v) is 5.89. The SMILES string of the molecule is CC(C)CCCCCOC(=O)CC(C(=O)O)C(O)C(O)C(=O)O. The van der Waals surface area contributed by atoms with E-state index in [0.717, 1.165) is 19.3 Å². The Kier molecular flexibility index (Phi) is 10.2. The van der Waals surface area contributed by atoms with Crippen LogP contribution >= 0.6 is 0 Å². The van der Waals surface area contributed by atoms with Crippen LogP contribution in [0.25, 0.3) is 0 Å². The molecule has 0 radical (unpaired) electrons. The number of carbonyl (C=O) groups excluding carboxylic acids is 1. The van der Waals surface area contributed by atoms with Gasteiger partial charge in [0.2, 0.25) is 0 Å². The summed E-state index contributed by atoms with van der Waals surface area (Å²) in [5.74, 6) is -5.32. The van der Waals surface area contributed by atoms with Crippen LogP contribution in [0.2, 0.25) is 0 Å². The lowest BCUT2D eigenvalue weighted by Crippen LogP contribution is -2.43. The number of aliphatic hydroxyl groups is 2. The summed E-state index contributed by atoms with van der Waals surface area (Å²) in [5.41, 5.74) is 0. The Morgan fingerprint density at radius 2 is 1.57 bits per heavy atom. The molecule has 4 N–H and O–H groups in total. The van der Waals surface area contributed by atoms with Gasteiger partial charge in [-0.3, -0.25) is 9.59 Å². The fourth-order valence-electron chi connectivity index (χ4n) is 1.98. The van der Waals surface area contributed by atoms with Gasteiger partial charge in [0.05, 0.1) is 18.9 Å². The largest absolute Gasteiger partial charge is 0.481 e. The highest BCUT2D eigenvalue weighted by molar-refractivity contribution is 5.81. The molecule has 8 nitrogen and oxygen atoms in total. The smallest absolute Gasteiger partial charge is 0.335 e. The summed E-state index contributed by atoms with van der Waals surface area (Å²) in [6, 6.07) is 0. The molecular weight excluding hydrogens is 308 g/mol. The Balaban J connectivity index is 4.21. The second-order valence-electron chi connectivity index (χ2n) is 5.89. The number of unbranched alkanes of at least 4 members (excludes halogenated alkanes) is 2. The van der Waals surface area contributed by atoms with Gasteiger partial charge in [-0.1, -0.05) is 33.1 Å². The lowest BCUT2D eigenvalue weighted by molar-refractivity contribution is -0.165. The quantitative estimate of drug-likeness (QED) is 0.301. The Labute approximate surface area is 135 Å². The third-order valence-electron chi connectivity index (χ3n) is 3.38. The molecule has 0 heterocycles. The average molecular weight is 334 g/mol. The Hall–Kier alpha value is -1.67. The summed E-state index contributed by atoms with van der Waals surface area (Å²) in [6.45, 7) is 4.37. The fraction of sp³-hybridized carbons (Fsp3) is 0.800. The molecule has 23 heavy (non-hydrogen) atoms. The van der Waals surface area contributed by atoms with Gasteiger partial charge in [-0.25, -0.2) is 4.79 Å². The van der Waals surface area contributed by atoms with Gasteiger partial charge in [-0.05, 0) is 12.3 Å². The van der Waals surface area contributed by atoms with E-state index in [1.165, 1.54) is 0 Å². The molecule has 0 aromatic rings. The van der Waals surface area contributed by atoms with Crippen LogP contribution < -0.4 is 0 Å². The molecule has 0 bridgehead atoms. The molecule has 0 fully saturated rings. The predicted octanol–water partition coefficient (Wildman–Crippen LogP) is 0.643. The zero-order valence-electron chi connectivity index (χ0n) is 13.5. The van der Waals surface area contributed by atoms with Crippen molar-refractivity contribution < 1.29 is 39.5 Å². The van der Waals surface area contributed by atoms with Crippen LogP contribution in [0.4, 0.5) is 0 Å². The number of ether oxygens (including phenoxy) is 1. The molecule has 3 atom stereocenters. The lowest BCUT2D eigenvalue weighted by atomic mass is 9.94. The summed E-state index contributed by atoms with van der Waals surface area (Å²) in [4.78, 5) is 33.1. The predicted molar refractivity (Wildman–Crippen MR) is 79.7 cm³/mol. The Morgan fingerprint density at radius 3 is 2.04 bits per heavy atom. The van der Waals surface area contributed by atoms with E-state index in [4.69, 9.17) is 14.9 Å². The van der Waals surface area contributed by atoms with Crippen molar-refractivity contribution in [2.24, 2.45) is 11.8 Å². The molecule has 3 unspecified atom stereocenters. The number of rotatable bonds is 12. The summed E-state index contributed by atoms with van der Waals surface area (Å²) in [6.07, 6.45) is -1.45. The highest BCUT2D eigenvalue weighted by Crippen LogP contribution is 2.15. The number of hydrogen-bond donors (Lipinski definition) is 4. The zero-order chi connectivity index (χ0) is 18.0. The molecule has 0 aromatic heterocycles. The van der Waals surface area contributed by atoms with E-state index in [0.29, 0.717) is 12.3 Å². The monoisotopic (exact) mass is 334 g/mol. The number of carboxylic acid groups (broad SMARTS) is 2. The van der Waals surface area contributed by atoms with E-state index in [-0.39, 0.29) is 6.61 Å². The minimum absolute atomic E-state index is 0.140. The van der Waals surface area contributed by atoms with Crippen molar-refractivity contribution in [3.05, 3.63) is 0 Å². The van der Waals surface area contributed by atoms with Crippen LogP contribution in [0.1, 0.15) is 46.0 Å². The van der Waals surface area contributed by atoms with Crippen LogP contribution in [0.5, 0.6) is 0 Å². The van der Waals surface area contributed by atoms with Crippen LogP contribution in [0.3, 0.4) is 0 Å². The first-order chi connectivity index (χ1) is 10.7. The second kappa shape index (κ2) is 11.0. The molecule has 0 aliphatic carbocycles. The van der Waals surface area contributed by atoms with Crippen molar-refractivity contribution >= 4 is 17.9 Å². The summed E-state index contributed by atoms with van der Waals surface area (Å²) in [7, 11) is 0. The number of esters is 1. The molecule has 0 aliphatic heterocycles. The molecule has 0 rings (SSSR count). The molecular formula is C15H26O8. The van der Waals surface area contributed by atoms with E-state index in [9.17, 15) is 24.6 Å². The van der Waals surface area contributed by atoms with Crippen LogP contribution in [-0.2, 0) is 19.1 Å². The van der Waals surface area contributed by atoms with Gasteiger partial charge in [0.25, 0.3) is 0 Å². The first-order valence-corrected chi connectivity index (χ1v) is 7.64. The van der Waals surface area contributed by atoms with E-state index in [1.54, 1.807) is 0 Å². The number of carbonyl (C=O) groups is 3. The maximum absolute atomic E-state index is 11.6. The zero-order valence-corrected chi connectivity index (χ0v) is 13.5. The molecule has 0 amide bonds. The van der Waals surface area contributed by atoms with Crippen molar-refractivity contribution in [1.82, 2.24) is 0 Å². The molecule has 0 aromatic carbocycles. The molecule has 0 aliphatic rings. The Morgan fingerprint density at radius 1 is 0.957 bits per heavy atom. The first-order valence-electron chi connectivity index (χ1n) is 7.64. The van der Waals surface area contributed by atoms with Gasteiger partial charge in [0.1, 0.15) is 6.10 Å². The van der Waals surface area contributed by atoms with Crippen LogP contribution in [0, 0.1) is 11.8 Å². The fourth-order valence-corrected chi connectivity index (χ4v) is 1.98. The van der Waals surface area contributed by atoms with Crippen molar-refractivity contribution in [1.29, 1.82) is 0 Å². The molecule has 0 saturated carbocycles. The standard InChI is InChI=1S/C15H26O8/c1-9(2)6-4-3-5-7-23-11(16)8-10(14(19)20)12(17)13(18)15(21)22/h9-10,12-13,17-18H,3-8H2,1-2H3,(H,19,20)(H,21,22). The topological polar surface area (TPSA) is 141 Å². The highest BCUT2D eigenvalue weighted by atomic mass is 16.5. The highest BCUT2D eigenvalue weighted by Gasteiger charge is 2.37. The molecule has 0 saturated heterocycles. The van der Waals surface area contributed by atoms with E-state index in [1.807, 2.05) is 0 Å². The van der Waals surface area contributed by atoms with Crippen LogP contribution in [0.15, 0.2) is 0 Å². The van der Waals surface area contributed by atoms with Gasteiger partial charge in [-0.2, -0.15) is 0 Å². The first kappa shape index (κ1) is 21.3. The van der Waals surface area contributed by atoms with Crippen molar-refractivity contribution in [3.8, 4) is 0 Å². The van der Waals surface area contributed by atoms with Crippen molar-refractivity contribution in [2.75, 3.05) is 6.61 Å². The van der Waals surface area contributed by atoms with Gasteiger partial charge in [0, 0.05) is 0 Å². The van der Waals surface area contributed by atoms with Crippen molar-refractivity contribution in [2.45, 2.75) is 58.2 Å². The third-order valence-corrected chi connectivity index (χ3v) is 3.38. The minimum Gasteiger partial charge on any atom is -0.481 e. The average Bonchev–Trinajstić information content (AvgIpc) is 2.46. The number of aliphatic carboxylic acids is 2. The summed E-state index contributed by atoms with van der Waals surface area (Å²) in [5, 5.41) is 36.2. The normalized spacial score (nSPS) is 15.0. The summed E-state index contributed by atoms with van der Waals surface area (Å²) < 4.78 is 4.88. The Bertz CT molecular complexity index is 393. The van der Waals surface area contributed by atoms with E-state index < -0.39 is 42.5 Å². The number of carboxylic acids is 2. The summed E-state index contributed by atoms with van der Waals surface area (Å²) >= 11 is 0. The number of aliphatic hydroxyl groups excluding tert-OH is 2. The van der Waals surface area contributed by atoms with Gasteiger partial charge < -0.3 is 25.2 Å². The van der Waals surface area contributed by atoms with Gasteiger partial charge in [0.15, 0.2) is 6.10 Å². The number of hydrogen-bond acceptors (Lipinski definition) is 6. The lowest BCUT2D eigenvalue weighted by Gasteiger charge is -2.20. The van der Waals surface area contributed by atoms with Gasteiger partial charge in [-0.15, -0.1) is 0 Å². The van der Waals surface area contributed by atoms with Crippen molar-refractivity contribution in [3.63, 3.8) is 0 Å². The minimum atomic E-state index is -2.28. The maximum atomic E-state index is 11.6. The van der Waals surface area contributed by atoms with E-state index >= 15 is 0 Å². The van der Waals surface area contributed by atoms with E-state index in [2.05, 4.69) is 13.8 Å². The molecule has 134 valence electrons. The molecule has 0 spiro atoms. The third kappa shape index (κ3) is 9.14. The van der Waals surface area contributed by atoms with Gasteiger partial charge >= 0.3 is 17.9 Å². The maximum Gasteiger partial charge on any atom is 0.335 e.